The number of aliphatic carboxylic acids is 1. The van der Waals surface area contributed by atoms with E-state index in [-0.39, 0.29) is 5.92 Å². The molecule has 0 aliphatic carbocycles. The fourth-order valence-corrected chi connectivity index (χ4v) is 2.72. The molecule has 1 aromatic carbocycles. The van der Waals surface area contributed by atoms with E-state index < -0.39 is 5.97 Å². The number of carboxylic acid groups (broad SMARTS) is 1. The van der Waals surface area contributed by atoms with Crippen molar-refractivity contribution in [2.45, 2.75) is 32.6 Å². The van der Waals surface area contributed by atoms with E-state index in [1.807, 2.05) is 24.3 Å². The summed E-state index contributed by atoms with van der Waals surface area (Å²) in [5.74, 6) is -0.438. The molecule has 0 fully saturated rings. The Morgan fingerprint density at radius 2 is 2.14 bits per heavy atom. The van der Waals surface area contributed by atoms with Gasteiger partial charge in [0, 0.05) is 25.4 Å². The van der Waals surface area contributed by atoms with Gasteiger partial charge in [0.1, 0.15) is 0 Å². The molecular weight excluding hydrogens is 266 g/mol. The molecule has 116 valence electrons. The van der Waals surface area contributed by atoms with Gasteiger partial charge in [0.05, 0.1) is 12.5 Å². The van der Waals surface area contributed by atoms with Crippen molar-refractivity contribution in [3.05, 3.63) is 29.8 Å². The average Bonchev–Trinajstić information content (AvgIpc) is 2.46. The van der Waals surface area contributed by atoms with E-state index in [4.69, 9.17) is 4.74 Å². The third-order valence-corrected chi connectivity index (χ3v) is 3.98. The fourth-order valence-electron chi connectivity index (χ4n) is 2.72. The fraction of sp³-hybridized carbons (Fsp3) is 0.588. The number of ether oxygens (including phenoxy) is 1. The molecule has 1 aliphatic heterocycles. The molecule has 0 aromatic heterocycles. The van der Waals surface area contributed by atoms with Crippen LogP contribution >= 0.6 is 0 Å². The normalized spacial score (nSPS) is 17.9. The van der Waals surface area contributed by atoms with Gasteiger partial charge < -0.3 is 14.7 Å². The van der Waals surface area contributed by atoms with Crippen molar-refractivity contribution in [1.29, 1.82) is 0 Å². The van der Waals surface area contributed by atoms with Crippen molar-refractivity contribution in [3.8, 4) is 0 Å². The highest BCUT2D eigenvalue weighted by molar-refractivity contribution is 5.80. The second kappa shape index (κ2) is 7.46. The van der Waals surface area contributed by atoms with Crippen molar-refractivity contribution in [3.63, 3.8) is 0 Å². The van der Waals surface area contributed by atoms with Gasteiger partial charge in [0.2, 0.25) is 0 Å². The first-order valence-electron chi connectivity index (χ1n) is 7.74. The number of carbonyl (C=O) groups is 1. The van der Waals surface area contributed by atoms with Gasteiger partial charge in [-0.2, -0.15) is 0 Å². The lowest BCUT2D eigenvalue weighted by atomic mass is 9.90. The summed E-state index contributed by atoms with van der Waals surface area (Å²) in [6, 6.07) is 7.82. The molecule has 4 heteroatoms. The van der Waals surface area contributed by atoms with Crippen LogP contribution in [0, 0.1) is 5.92 Å². The van der Waals surface area contributed by atoms with Gasteiger partial charge >= 0.3 is 5.97 Å². The lowest BCUT2D eigenvalue weighted by Crippen LogP contribution is -2.35. The molecule has 1 heterocycles. The Kier molecular flexibility index (Phi) is 5.62. The molecule has 1 unspecified atom stereocenters. The van der Waals surface area contributed by atoms with E-state index in [2.05, 4.69) is 18.7 Å². The van der Waals surface area contributed by atoms with Crippen LogP contribution in [0.3, 0.4) is 0 Å². The molecule has 4 nitrogen and oxygen atoms in total. The predicted molar refractivity (Wildman–Crippen MR) is 83.9 cm³/mol. The number of rotatable bonds is 7. The Labute approximate surface area is 126 Å². The first kappa shape index (κ1) is 15.8. The van der Waals surface area contributed by atoms with E-state index in [0.29, 0.717) is 18.9 Å². The number of benzene rings is 1. The summed E-state index contributed by atoms with van der Waals surface area (Å²) in [7, 11) is 0. The standard InChI is InChI=1S/C17H25NO3/c1-13(2)8-11-21-12-10-18-9-7-15(17(19)20)14-5-3-4-6-16(14)18/h3-6,13,15H,7-12H2,1-2H3,(H,19,20). The zero-order valence-corrected chi connectivity index (χ0v) is 12.9. The molecule has 0 radical (unpaired) electrons. The van der Waals surface area contributed by atoms with Gasteiger partial charge in [0.25, 0.3) is 0 Å². The van der Waals surface area contributed by atoms with Gasteiger partial charge in [-0.1, -0.05) is 32.0 Å². The molecule has 0 saturated carbocycles. The number of anilines is 1. The van der Waals surface area contributed by atoms with Crippen LogP contribution in [0.4, 0.5) is 5.69 Å². The lowest BCUT2D eigenvalue weighted by Gasteiger charge is -2.34. The zero-order valence-electron chi connectivity index (χ0n) is 12.9. The van der Waals surface area contributed by atoms with Crippen LogP contribution < -0.4 is 4.90 Å². The highest BCUT2D eigenvalue weighted by Crippen LogP contribution is 2.34. The summed E-state index contributed by atoms with van der Waals surface area (Å²) in [6.45, 7) is 7.47. The third kappa shape index (κ3) is 4.21. The van der Waals surface area contributed by atoms with Gasteiger partial charge in [-0.25, -0.2) is 0 Å². The maximum Gasteiger partial charge on any atom is 0.311 e. The summed E-state index contributed by atoms with van der Waals surface area (Å²) in [6.07, 6.45) is 1.75. The second-order valence-corrected chi connectivity index (χ2v) is 6.02. The van der Waals surface area contributed by atoms with Crippen LogP contribution in [0.1, 0.15) is 38.2 Å². The second-order valence-electron chi connectivity index (χ2n) is 6.02. The molecule has 0 amide bonds. The SMILES string of the molecule is CC(C)CCOCCN1CCC(C(=O)O)c2ccccc21. The number of para-hydroxylation sites is 1. The minimum atomic E-state index is -0.727. The van der Waals surface area contributed by atoms with Crippen molar-refractivity contribution in [2.24, 2.45) is 5.92 Å². The predicted octanol–water partition coefficient (Wildman–Crippen LogP) is 3.13. The summed E-state index contributed by atoms with van der Waals surface area (Å²) in [5, 5.41) is 9.33. The van der Waals surface area contributed by atoms with Crippen LogP contribution in [0.2, 0.25) is 0 Å². The molecule has 1 aliphatic rings. The monoisotopic (exact) mass is 291 g/mol. The van der Waals surface area contributed by atoms with Crippen LogP contribution in [-0.2, 0) is 9.53 Å². The molecule has 1 aromatic rings. The van der Waals surface area contributed by atoms with E-state index in [1.54, 1.807) is 0 Å². The number of carboxylic acids is 1. The van der Waals surface area contributed by atoms with Crippen LogP contribution in [-0.4, -0.2) is 37.4 Å². The van der Waals surface area contributed by atoms with E-state index >= 15 is 0 Å². The summed E-state index contributed by atoms with van der Waals surface area (Å²) < 4.78 is 5.68. The average molecular weight is 291 g/mol. The largest absolute Gasteiger partial charge is 0.481 e. The minimum Gasteiger partial charge on any atom is -0.481 e. The van der Waals surface area contributed by atoms with Crippen molar-refractivity contribution >= 4 is 11.7 Å². The molecule has 1 N–H and O–H groups in total. The third-order valence-electron chi connectivity index (χ3n) is 3.98. The molecule has 21 heavy (non-hydrogen) atoms. The first-order chi connectivity index (χ1) is 10.1. The molecule has 1 atom stereocenters. The van der Waals surface area contributed by atoms with E-state index in [0.717, 1.165) is 37.4 Å². The highest BCUT2D eigenvalue weighted by atomic mass is 16.5. The molecule has 0 spiro atoms. The quantitative estimate of drug-likeness (QED) is 0.784. The minimum absolute atomic E-state index is 0.376. The van der Waals surface area contributed by atoms with Crippen LogP contribution in [0.15, 0.2) is 24.3 Å². The summed E-state index contributed by atoms with van der Waals surface area (Å²) in [4.78, 5) is 13.6. The Bertz CT molecular complexity index is 473. The number of nitrogens with zero attached hydrogens (tertiary/aromatic N) is 1. The summed E-state index contributed by atoms with van der Waals surface area (Å²) >= 11 is 0. The number of hydrogen-bond donors (Lipinski definition) is 1. The Hall–Kier alpha value is -1.55. The van der Waals surface area contributed by atoms with Gasteiger partial charge in [-0.3, -0.25) is 4.79 Å². The number of fused-ring (bicyclic) bond motifs is 1. The maximum absolute atomic E-state index is 11.3. The van der Waals surface area contributed by atoms with Crippen molar-refractivity contribution in [1.82, 2.24) is 0 Å². The Morgan fingerprint density at radius 1 is 1.38 bits per heavy atom. The molecule has 0 bridgehead atoms. The Morgan fingerprint density at radius 3 is 2.86 bits per heavy atom. The highest BCUT2D eigenvalue weighted by Gasteiger charge is 2.29. The van der Waals surface area contributed by atoms with Crippen molar-refractivity contribution in [2.75, 3.05) is 31.2 Å². The molecular formula is C17H25NO3. The number of hydrogen-bond acceptors (Lipinski definition) is 3. The smallest absolute Gasteiger partial charge is 0.311 e. The topological polar surface area (TPSA) is 49.8 Å². The van der Waals surface area contributed by atoms with Gasteiger partial charge in [0.15, 0.2) is 0 Å². The Balaban J connectivity index is 1.93. The molecule has 0 saturated heterocycles. The summed E-state index contributed by atoms with van der Waals surface area (Å²) in [5.41, 5.74) is 1.97. The van der Waals surface area contributed by atoms with Gasteiger partial charge in [-0.05, 0) is 30.4 Å². The maximum atomic E-state index is 11.3. The van der Waals surface area contributed by atoms with Crippen LogP contribution in [0.5, 0.6) is 0 Å². The van der Waals surface area contributed by atoms with E-state index in [9.17, 15) is 9.90 Å². The van der Waals surface area contributed by atoms with Crippen molar-refractivity contribution < 1.29 is 14.6 Å². The van der Waals surface area contributed by atoms with E-state index in [1.165, 1.54) is 0 Å². The molecule has 2 rings (SSSR count). The lowest BCUT2D eigenvalue weighted by molar-refractivity contribution is -0.139. The zero-order chi connectivity index (χ0) is 15.2. The van der Waals surface area contributed by atoms with Gasteiger partial charge in [-0.15, -0.1) is 0 Å². The first-order valence-corrected chi connectivity index (χ1v) is 7.74. The van der Waals surface area contributed by atoms with Crippen LogP contribution in [0.25, 0.3) is 0 Å².